The van der Waals surface area contributed by atoms with E-state index >= 15 is 0 Å². The van der Waals surface area contributed by atoms with Crippen LogP contribution in [-0.4, -0.2) is 5.97 Å². The van der Waals surface area contributed by atoms with E-state index in [1.165, 1.54) is 6.92 Å². The van der Waals surface area contributed by atoms with Crippen molar-refractivity contribution in [2.45, 2.75) is 19.4 Å². The van der Waals surface area contributed by atoms with E-state index in [4.69, 9.17) is 10.00 Å². The number of hydrogen-bond acceptors (Lipinski definition) is 3. The van der Waals surface area contributed by atoms with Crippen LogP contribution in [0.5, 0.6) is 0 Å². The van der Waals surface area contributed by atoms with Gasteiger partial charge in [0.05, 0.1) is 11.6 Å². The molecule has 1 atom stereocenters. The highest BCUT2D eigenvalue weighted by molar-refractivity contribution is 5.95. The molecular formula is C15H11NO2. The Balaban J connectivity index is 2.24. The Morgan fingerprint density at radius 1 is 1.39 bits per heavy atom. The van der Waals surface area contributed by atoms with Crippen LogP contribution in [0.15, 0.2) is 30.3 Å². The third-order valence-corrected chi connectivity index (χ3v) is 3.34. The normalized spacial score (nSPS) is 16.6. The molecule has 2 aromatic carbocycles. The van der Waals surface area contributed by atoms with Gasteiger partial charge in [0.1, 0.15) is 6.10 Å². The smallest absolute Gasteiger partial charge is 0.303 e. The lowest BCUT2D eigenvalue weighted by molar-refractivity contribution is -0.146. The van der Waals surface area contributed by atoms with Gasteiger partial charge in [0.25, 0.3) is 0 Å². The number of hydrogen-bond donors (Lipinski definition) is 0. The van der Waals surface area contributed by atoms with Crippen LogP contribution in [0.4, 0.5) is 0 Å². The van der Waals surface area contributed by atoms with Crippen molar-refractivity contribution in [3.05, 3.63) is 47.0 Å². The standard InChI is InChI=1S/C15H11NO2/c1-9(17)18-14-7-10-3-2-4-12-11(8-16)5-6-13(14)15(10)12/h2-6,14H,7H2,1H3. The maximum atomic E-state index is 11.1. The summed E-state index contributed by atoms with van der Waals surface area (Å²) in [7, 11) is 0. The lowest BCUT2D eigenvalue weighted by Crippen LogP contribution is -2.06. The SMILES string of the molecule is CC(=O)OC1Cc2cccc3c(C#N)ccc1c23. The van der Waals surface area contributed by atoms with Gasteiger partial charge in [0, 0.05) is 24.3 Å². The topological polar surface area (TPSA) is 50.1 Å². The van der Waals surface area contributed by atoms with Gasteiger partial charge in [-0.15, -0.1) is 0 Å². The zero-order valence-corrected chi connectivity index (χ0v) is 9.93. The fourth-order valence-corrected chi connectivity index (χ4v) is 2.66. The van der Waals surface area contributed by atoms with Gasteiger partial charge in [-0.05, 0) is 17.0 Å². The fraction of sp³-hybridized carbons (Fsp3) is 0.200. The first kappa shape index (κ1) is 10.8. The van der Waals surface area contributed by atoms with Crippen LogP contribution in [0.3, 0.4) is 0 Å². The van der Waals surface area contributed by atoms with Crippen LogP contribution in [0.2, 0.25) is 0 Å². The maximum absolute atomic E-state index is 11.1. The first-order valence-corrected chi connectivity index (χ1v) is 5.82. The third-order valence-electron chi connectivity index (χ3n) is 3.34. The van der Waals surface area contributed by atoms with Gasteiger partial charge < -0.3 is 4.74 Å². The molecule has 0 bridgehead atoms. The van der Waals surface area contributed by atoms with Crippen molar-refractivity contribution in [1.82, 2.24) is 0 Å². The lowest BCUT2D eigenvalue weighted by atomic mass is 10.0. The number of ether oxygens (including phenoxy) is 1. The summed E-state index contributed by atoms with van der Waals surface area (Å²) in [4.78, 5) is 11.1. The molecule has 1 aliphatic carbocycles. The third kappa shape index (κ3) is 1.46. The Morgan fingerprint density at radius 3 is 2.94 bits per heavy atom. The summed E-state index contributed by atoms with van der Waals surface area (Å²) >= 11 is 0. The Labute approximate surface area is 105 Å². The second kappa shape index (κ2) is 3.85. The Bertz CT molecular complexity index is 697. The molecule has 0 radical (unpaired) electrons. The second-order valence-electron chi connectivity index (χ2n) is 4.46. The fourth-order valence-electron chi connectivity index (χ4n) is 2.66. The molecule has 0 aliphatic heterocycles. The molecule has 0 saturated carbocycles. The Kier molecular flexibility index (Phi) is 2.31. The van der Waals surface area contributed by atoms with E-state index in [9.17, 15) is 4.79 Å². The summed E-state index contributed by atoms with van der Waals surface area (Å²) in [5.74, 6) is -0.273. The molecule has 0 aromatic heterocycles. The number of rotatable bonds is 1. The van der Waals surface area contributed by atoms with Crippen molar-refractivity contribution in [1.29, 1.82) is 5.26 Å². The highest BCUT2D eigenvalue weighted by Gasteiger charge is 2.27. The molecule has 3 rings (SSSR count). The van der Waals surface area contributed by atoms with E-state index in [1.54, 1.807) is 6.07 Å². The van der Waals surface area contributed by atoms with E-state index in [2.05, 4.69) is 6.07 Å². The van der Waals surface area contributed by atoms with Gasteiger partial charge in [0.15, 0.2) is 0 Å². The highest BCUT2D eigenvalue weighted by atomic mass is 16.5. The van der Waals surface area contributed by atoms with Gasteiger partial charge in [-0.2, -0.15) is 5.26 Å². The number of esters is 1. The van der Waals surface area contributed by atoms with Crippen LogP contribution >= 0.6 is 0 Å². The van der Waals surface area contributed by atoms with Crippen LogP contribution in [-0.2, 0) is 16.0 Å². The molecule has 88 valence electrons. The van der Waals surface area contributed by atoms with Gasteiger partial charge in [-0.25, -0.2) is 0 Å². The van der Waals surface area contributed by atoms with Crippen molar-refractivity contribution in [3.63, 3.8) is 0 Å². The average Bonchev–Trinajstić information content (AvgIpc) is 2.69. The van der Waals surface area contributed by atoms with Gasteiger partial charge >= 0.3 is 5.97 Å². The van der Waals surface area contributed by atoms with E-state index in [0.29, 0.717) is 12.0 Å². The summed E-state index contributed by atoms with van der Waals surface area (Å²) in [5, 5.41) is 11.1. The number of nitriles is 1. The molecule has 0 amide bonds. The summed E-state index contributed by atoms with van der Waals surface area (Å²) in [6.07, 6.45) is 0.483. The molecule has 1 aliphatic rings. The molecule has 0 heterocycles. The Hall–Kier alpha value is -2.34. The quantitative estimate of drug-likeness (QED) is 0.716. The average molecular weight is 237 g/mol. The lowest BCUT2D eigenvalue weighted by Gasteiger charge is -2.11. The Morgan fingerprint density at radius 2 is 2.22 bits per heavy atom. The number of benzene rings is 2. The van der Waals surface area contributed by atoms with Crippen molar-refractivity contribution in [2.24, 2.45) is 0 Å². The monoisotopic (exact) mass is 237 g/mol. The minimum absolute atomic E-state index is 0.213. The minimum atomic E-state index is -0.273. The van der Waals surface area contributed by atoms with E-state index in [1.807, 2.05) is 24.3 Å². The summed E-state index contributed by atoms with van der Waals surface area (Å²) in [6, 6.07) is 11.8. The number of nitrogens with zero attached hydrogens (tertiary/aromatic N) is 1. The molecule has 0 fully saturated rings. The summed E-state index contributed by atoms with van der Waals surface area (Å²) < 4.78 is 5.34. The number of carbonyl (C=O) groups is 1. The van der Waals surface area contributed by atoms with E-state index in [-0.39, 0.29) is 12.1 Å². The van der Waals surface area contributed by atoms with Crippen LogP contribution in [0.25, 0.3) is 10.8 Å². The second-order valence-corrected chi connectivity index (χ2v) is 4.46. The zero-order valence-electron chi connectivity index (χ0n) is 9.93. The van der Waals surface area contributed by atoms with Crippen LogP contribution in [0, 0.1) is 11.3 Å². The van der Waals surface area contributed by atoms with Gasteiger partial charge in [-0.3, -0.25) is 4.79 Å². The van der Waals surface area contributed by atoms with Gasteiger partial charge in [-0.1, -0.05) is 24.3 Å². The molecule has 18 heavy (non-hydrogen) atoms. The van der Waals surface area contributed by atoms with Gasteiger partial charge in [0.2, 0.25) is 0 Å². The van der Waals surface area contributed by atoms with Crippen molar-refractivity contribution in [3.8, 4) is 6.07 Å². The van der Waals surface area contributed by atoms with Crippen molar-refractivity contribution in [2.75, 3.05) is 0 Å². The van der Waals surface area contributed by atoms with Crippen molar-refractivity contribution >= 4 is 16.7 Å². The van der Waals surface area contributed by atoms with Crippen LogP contribution < -0.4 is 0 Å². The molecule has 1 unspecified atom stereocenters. The molecule has 2 aromatic rings. The summed E-state index contributed by atoms with van der Waals surface area (Å²) in [5.41, 5.74) is 2.82. The molecule has 3 nitrogen and oxygen atoms in total. The molecular weight excluding hydrogens is 226 g/mol. The maximum Gasteiger partial charge on any atom is 0.303 e. The molecule has 0 N–H and O–H groups in total. The summed E-state index contributed by atoms with van der Waals surface area (Å²) in [6.45, 7) is 1.42. The zero-order chi connectivity index (χ0) is 12.7. The molecule has 0 spiro atoms. The largest absolute Gasteiger partial charge is 0.457 e. The highest BCUT2D eigenvalue weighted by Crippen LogP contribution is 2.40. The molecule has 3 heteroatoms. The van der Waals surface area contributed by atoms with Crippen molar-refractivity contribution < 1.29 is 9.53 Å². The van der Waals surface area contributed by atoms with E-state index < -0.39 is 0 Å². The molecule has 0 saturated heterocycles. The first-order chi connectivity index (χ1) is 8.70. The predicted molar refractivity (Wildman–Crippen MR) is 66.9 cm³/mol. The number of carbonyl (C=O) groups excluding carboxylic acids is 1. The van der Waals surface area contributed by atoms with Crippen LogP contribution in [0.1, 0.15) is 29.7 Å². The predicted octanol–water partition coefficient (Wildman–Crippen LogP) is 2.87. The first-order valence-electron chi connectivity index (χ1n) is 5.82. The van der Waals surface area contributed by atoms with E-state index in [0.717, 1.165) is 21.9 Å². The minimum Gasteiger partial charge on any atom is -0.457 e.